The summed E-state index contributed by atoms with van der Waals surface area (Å²) in [5, 5.41) is 0. The van der Waals surface area contributed by atoms with Crippen LogP contribution in [0.15, 0.2) is 152 Å². The Balaban J connectivity index is 0.969. The Bertz CT molecular complexity index is 2530. The van der Waals surface area contributed by atoms with Crippen molar-refractivity contribution in [1.82, 2.24) is 0 Å². The highest BCUT2D eigenvalue weighted by Gasteiger charge is 2.43. The summed E-state index contributed by atoms with van der Waals surface area (Å²) in [6.07, 6.45) is 4.87. The SMILES string of the molecule is CCCc1c(OCCCOc2cccc3c2CCCC3)ccc2c1OC(CCC(=O)OC(COCc1ccccc1)COCc1ccccc1)(CCC(=O)OC(COCc1ccccc1)COCc1ccccc1)CC2=O. The first-order valence-corrected chi connectivity index (χ1v) is 27.4. The quantitative estimate of drug-likeness (QED) is 0.0294. The van der Waals surface area contributed by atoms with Crippen LogP contribution in [0.5, 0.6) is 17.2 Å². The van der Waals surface area contributed by atoms with Gasteiger partial charge in [0.05, 0.1) is 78.1 Å². The smallest absolute Gasteiger partial charge is 0.306 e. The molecule has 0 aromatic heterocycles. The zero-order valence-electron chi connectivity index (χ0n) is 44.5. The van der Waals surface area contributed by atoms with Gasteiger partial charge in [-0.15, -0.1) is 0 Å². The van der Waals surface area contributed by atoms with E-state index in [-0.39, 0.29) is 64.3 Å². The highest BCUT2D eigenvalue weighted by Crippen LogP contribution is 2.44. The van der Waals surface area contributed by atoms with Gasteiger partial charge in [-0.3, -0.25) is 14.4 Å². The fraction of sp³-hybridized carbons (Fsp3) is 0.400. The van der Waals surface area contributed by atoms with Gasteiger partial charge in [-0.05, 0) is 96.5 Å². The maximum absolute atomic E-state index is 14.5. The second-order valence-corrected chi connectivity index (χ2v) is 19.9. The van der Waals surface area contributed by atoms with Crippen LogP contribution in [0.3, 0.4) is 0 Å². The molecule has 77 heavy (non-hydrogen) atoms. The third kappa shape index (κ3) is 17.9. The Morgan fingerprint density at radius 3 is 1.49 bits per heavy atom. The van der Waals surface area contributed by atoms with E-state index in [1.54, 1.807) is 6.07 Å². The van der Waals surface area contributed by atoms with Crippen molar-refractivity contribution in [3.8, 4) is 17.2 Å². The molecule has 2 aliphatic rings. The number of benzene rings is 6. The number of carbonyl (C=O) groups excluding carboxylic acids is 3. The molecule has 0 spiro atoms. The number of aryl methyl sites for hydroxylation is 1. The van der Waals surface area contributed by atoms with Crippen molar-refractivity contribution in [3.63, 3.8) is 0 Å². The maximum atomic E-state index is 14.5. The third-order valence-corrected chi connectivity index (χ3v) is 13.8. The molecule has 8 rings (SSSR count). The molecule has 0 radical (unpaired) electrons. The van der Waals surface area contributed by atoms with Crippen LogP contribution in [0.4, 0.5) is 0 Å². The van der Waals surface area contributed by atoms with Crippen molar-refractivity contribution in [2.75, 3.05) is 39.6 Å². The molecule has 0 saturated heterocycles. The van der Waals surface area contributed by atoms with Gasteiger partial charge in [-0.25, -0.2) is 0 Å². The molecule has 6 aromatic carbocycles. The van der Waals surface area contributed by atoms with Crippen molar-refractivity contribution in [3.05, 3.63) is 196 Å². The van der Waals surface area contributed by atoms with Crippen LogP contribution in [-0.4, -0.2) is 75.2 Å². The number of fused-ring (bicyclic) bond motifs is 2. The van der Waals surface area contributed by atoms with Crippen LogP contribution in [0.2, 0.25) is 0 Å². The van der Waals surface area contributed by atoms with Crippen molar-refractivity contribution >= 4 is 17.7 Å². The molecule has 406 valence electrons. The summed E-state index contributed by atoms with van der Waals surface area (Å²) in [4.78, 5) is 42.6. The van der Waals surface area contributed by atoms with Gasteiger partial charge in [0, 0.05) is 24.8 Å². The average Bonchev–Trinajstić information content (AvgIpc) is 3.49. The van der Waals surface area contributed by atoms with Gasteiger partial charge < -0.3 is 42.6 Å². The number of hydrogen-bond donors (Lipinski definition) is 0. The van der Waals surface area contributed by atoms with E-state index in [1.807, 2.05) is 127 Å². The lowest BCUT2D eigenvalue weighted by Crippen LogP contribution is -2.44. The number of ketones is 1. The first-order valence-electron chi connectivity index (χ1n) is 27.4. The third-order valence-electron chi connectivity index (χ3n) is 13.8. The normalized spacial score (nSPS) is 13.6. The summed E-state index contributed by atoms with van der Waals surface area (Å²) in [6, 6.07) is 49.0. The molecule has 1 aliphatic heterocycles. The highest BCUT2D eigenvalue weighted by atomic mass is 16.6. The number of hydrogen-bond acceptors (Lipinski definition) is 12. The van der Waals surface area contributed by atoms with E-state index in [4.69, 9.17) is 42.6 Å². The standard InChI is InChI=1S/C65H74O12/c1-2-19-58-61(74-39-18-38-73-60-31-17-29-53-28-15-16-30-56(53)60)33-32-57-59(66)40-65(77-64(57)58,36-34-62(67)75-54(45-69-41-49-20-7-3-8-21-49)46-70-42-50-22-9-4-10-23-50)37-35-63(68)76-55(47-71-43-51-24-11-5-12-25-51)48-72-44-52-26-13-6-14-27-52/h3-14,17,20-27,29,31-33,54-55H,2,15-16,18-19,28,30,34-48H2,1H3. The van der Waals surface area contributed by atoms with E-state index in [2.05, 4.69) is 25.1 Å². The zero-order valence-corrected chi connectivity index (χ0v) is 44.5. The van der Waals surface area contributed by atoms with Crippen LogP contribution >= 0.6 is 0 Å². The minimum absolute atomic E-state index is 0.0690. The Morgan fingerprint density at radius 1 is 0.545 bits per heavy atom. The molecule has 1 aliphatic carbocycles. The van der Waals surface area contributed by atoms with Gasteiger partial charge in [0.15, 0.2) is 5.78 Å². The Labute approximate surface area is 454 Å². The molecule has 0 fully saturated rings. The lowest BCUT2D eigenvalue weighted by molar-refractivity contribution is -0.159. The molecule has 0 amide bonds. The van der Waals surface area contributed by atoms with Crippen LogP contribution in [0, 0.1) is 0 Å². The summed E-state index contributed by atoms with van der Waals surface area (Å²) in [5.74, 6) is 0.802. The predicted octanol–water partition coefficient (Wildman–Crippen LogP) is 12.3. The monoisotopic (exact) mass is 1050 g/mol. The number of esters is 2. The molecular weight excluding hydrogens is 973 g/mol. The molecule has 0 unspecified atom stereocenters. The Hall–Kier alpha value is -6.83. The van der Waals surface area contributed by atoms with Crippen molar-refractivity contribution in [2.24, 2.45) is 0 Å². The number of rotatable bonds is 32. The van der Waals surface area contributed by atoms with Crippen LogP contribution < -0.4 is 14.2 Å². The van der Waals surface area contributed by atoms with Gasteiger partial charge in [0.2, 0.25) is 0 Å². The van der Waals surface area contributed by atoms with E-state index in [1.165, 1.54) is 24.0 Å². The molecule has 1 heterocycles. The number of Topliss-reactive ketones (excluding diaryl/α,β-unsaturated/α-hetero) is 1. The van der Waals surface area contributed by atoms with Gasteiger partial charge in [-0.2, -0.15) is 0 Å². The fourth-order valence-corrected chi connectivity index (χ4v) is 9.83. The van der Waals surface area contributed by atoms with E-state index < -0.39 is 29.7 Å². The highest BCUT2D eigenvalue weighted by molar-refractivity contribution is 6.01. The molecule has 0 saturated carbocycles. The minimum atomic E-state index is -1.28. The lowest BCUT2D eigenvalue weighted by Gasteiger charge is -2.39. The number of ether oxygens (including phenoxy) is 9. The molecule has 12 nitrogen and oxygen atoms in total. The van der Waals surface area contributed by atoms with E-state index in [0.717, 1.165) is 52.8 Å². The summed E-state index contributed by atoms with van der Waals surface area (Å²) in [6.45, 7) is 4.67. The van der Waals surface area contributed by atoms with Gasteiger partial charge >= 0.3 is 11.9 Å². The van der Waals surface area contributed by atoms with Crippen LogP contribution in [0.25, 0.3) is 0 Å². The van der Waals surface area contributed by atoms with Gasteiger partial charge in [-0.1, -0.05) is 147 Å². The van der Waals surface area contributed by atoms with Crippen LogP contribution in [-0.2, 0) is 83.7 Å². The summed E-state index contributed by atoms with van der Waals surface area (Å²) >= 11 is 0. The van der Waals surface area contributed by atoms with Crippen molar-refractivity contribution in [2.45, 2.75) is 128 Å². The topological polar surface area (TPSA) is 134 Å². The Morgan fingerprint density at radius 2 is 1.01 bits per heavy atom. The van der Waals surface area contributed by atoms with Gasteiger partial charge in [0.25, 0.3) is 0 Å². The zero-order chi connectivity index (χ0) is 53.3. The minimum Gasteiger partial charge on any atom is -0.493 e. The van der Waals surface area contributed by atoms with Crippen molar-refractivity contribution in [1.29, 1.82) is 0 Å². The largest absolute Gasteiger partial charge is 0.493 e. The fourth-order valence-electron chi connectivity index (χ4n) is 9.83. The van der Waals surface area contributed by atoms with Crippen molar-refractivity contribution < 1.29 is 57.0 Å². The first-order chi connectivity index (χ1) is 37.8. The van der Waals surface area contributed by atoms with E-state index in [0.29, 0.717) is 69.5 Å². The summed E-state index contributed by atoms with van der Waals surface area (Å²) in [7, 11) is 0. The van der Waals surface area contributed by atoms with E-state index >= 15 is 0 Å². The van der Waals surface area contributed by atoms with E-state index in [9.17, 15) is 14.4 Å². The first kappa shape index (κ1) is 56.4. The molecule has 0 N–H and O–H groups in total. The molecule has 12 heteroatoms. The molecule has 6 aromatic rings. The van der Waals surface area contributed by atoms with Gasteiger partial charge in [0.1, 0.15) is 35.1 Å². The summed E-state index contributed by atoms with van der Waals surface area (Å²) < 4.78 is 56.3. The average molecular weight is 1050 g/mol. The summed E-state index contributed by atoms with van der Waals surface area (Å²) in [5.41, 5.74) is 6.56. The maximum Gasteiger partial charge on any atom is 0.306 e. The number of carbonyl (C=O) groups is 3. The molecule has 0 atom stereocenters. The second kappa shape index (κ2) is 30.2. The molecular formula is C65H74O12. The second-order valence-electron chi connectivity index (χ2n) is 19.9. The Kier molecular flexibility index (Phi) is 22.1. The predicted molar refractivity (Wildman–Crippen MR) is 294 cm³/mol. The molecule has 0 bridgehead atoms. The lowest BCUT2D eigenvalue weighted by atomic mass is 9.82. The van der Waals surface area contributed by atoms with Crippen LogP contribution in [0.1, 0.15) is 114 Å².